The molecule has 0 rings (SSSR count). The third-order valence-electron chi connectivity index (χ3n) is 0. The van der Waals surface area contributed by atoms with Crippen molar-refractivity contribution in [2.75, 3.05) is 0 Å². The summed E-state index contributed by atoms with van der Waals surface area (Å²) in [7, 11) is 0. The Morgan fingerprint density at radius 3 is 1.20 bits per heavy atom. The molecule has 0 N–H and O–H groups in total. The molecule has 0 aliphatic rings. The quantitative estimate of drug-likeness (QED) is 0.506. The summed E-state index contributed by atoms with van der Waals surface area (Å²) in [5.74, 6) is 0. The molecule has 0 unspecified atom stereocenters. The van der Waals surface area contributed by atoms with E-state index in [1.807, 2.05) is 25.7 Å². The fraction of sp³-hybridized carbons (Fsp3) is 0. The van der Waals surface area contributed by atoms with Crippen LogP contribution in [-0.4, -0.2) is 6.11 Å². The van der Waals surface area contributed by atoms with Crippen LogP contribution in [0.1, 0.15) is 0 Å². The Labute approximate surface area is 78.4 Å². The van der Waals surface area contributed by atoms with Gasteiger partial charge in [-0.2, -0.15) is 0 Å². The van der Waals surface area contributed by atoms with Gasteiger partial charge < -0.3 is 0 Å². The van der Waals surface area contributed by atoms with Crippen LogP contribution in [0.2, 0.25) is 0 Å². The Morgan fingerprint density at radius 1 is 1.20 bits per heavy atom. The van der Waals surface area contributed by atoms with Crippen LogP contribution in [0, 0.1) is 0 Å². The van der Waals surface area contributed by atoms with Gasteiger partial charge in [0.2, 0.25) is 0 Å². The van der Waals surface area contributed by atoms with Gasteiger partial charge in [0.15, 0.2) is 0 Å². The normalized spacial score (nSPS) is 0.800. The van der Waals surface area contributed by atoms with Crippen molar-refractivity contribution in [3.63, 3.8) is 0 Å². The summed E-state index contributed by atoms with van der Waals surface area (Å²) in [5, 5.41) is 0. The van der Waals surface area contributed by atoms with E-state index in [0.29, 0.717) is 0 Å². The molecule has 0 aliphatic carbocycles. The van der Waals surface area contributed by atoms with Crippen molar-refractivity contribution in [2.24, 2.45) is 0 Å². The van der Waals surface area contributed by atoms with E-state index in [1.165, 1.54) is 0 Å². The minimum absolute atomic E-state index is 0. The minimum atomic E-state index is 0. The van der Waals surface area contributed by atoms with Gasteiger partial charge in [-0.1, -0.05) is 0 Å². The molecular formula is H2BCuMnMoZn. The van der Waals surface area contributed by atoms with Crippen LogP contribution in [0.4, 0.5) is 0 Å². The molecule has 0 spiro atoms. The van der Waals surface area contributed by atoms with Crippen molar-refractivity contribution >= 4 is 6.11 Å². The Bertz CT molecular complexity index is 11.6. The predicted octanol–water partition coefficient (Wildman–Crippen LogP) is -0.926. The van der Waals surface area contributed by atoms with Gasteiger partial charge in [-0.05, 0) is 0 Å². The summed E-state index contributed by atoms with van der Waals surface area (Å²) < 4.78 is 0. The third kappa shape index (κ3) is 21.4. The molecule has 0 nitrogen and oxygen atoms in total. The zero-order valence-corrected chi connectivity index (χ0v) is 9.89. The standard InChI is InChI=1S/BH2.Cu.Mn.Mo.Zn/h1H2;;;;/q+1;;;-1;. The van der Waals surface area contributed by atoms with Crippen LogP contribution in [-0.2, 0) is 73.2 Å². The van der Waals surface area contributed by atoms with E-state index < -0.39 is 0 Å². The van der Waals surface area contributed by atoms with E-state index >= 15 is 0 Å². The van der Waals surface area contributed by atoms with Crippen LogP contribution in [0.15, 0.2) is 0 Å². The molecule has 0 saturated carbocycles. The Hall–Kier alpha value is 2.42. The van der Waals surface area contributed by atoms with Crippen molar-refractivity contribution < 1.29 is 73.2 Å². The van der Waals surface area contributed by atoms with E-state index in [4.69, 9.17) is 0 Å². The maximum atomic E-state index is 2.01. The molecule has 0 aliphatic heterocycles. The molecule has 0 bridgehead atoms. The molecule has 0 aromatic heterocycles. The zero-order valence-electron chi connectivity index (χ0n) is 2.79. The molecule has 0 heterocycles. The van der Waals surface area contributed by atoms with E-state index in [2.05, 4.69) is 0 Å². The first kappa shape index (κ1) is 26.2. The fourth-order valence-electron chi connectivity index (χ4n) is 0. The number of hydrogen-bond donors (Lipinski definition) is 0. The molecule has 0 aromatic carbocycles. The SMILES string of the molecule is [BH2][Mo].[Cu].[Mn].[Zn]. The van der Waals surface area contributed by atoms with Gasteiger partial charge in [0.25, 0.3) is 0 Å². The molecule has 0 atom stereocenters. The van der Waals surface area contributed by atoms with Gasteiger partial charge in [-0.25, -0.2) is 0 Å². The summed E-state index contributed by atoms with van der Waals surface area (Å²) in [6.07, 6.45) is 2.01. The summed E-state index contributed by atoms with van der Waals surface area (Å²) in [4.78, 5) is 0. The monoisotopic (exact) mass is 293 g/mol. The van der Waals surface area contributed by atoms with Crippen molar-refractivity contribution in [1.29, 1.82) is 0 Å². The molecular weight excluding hydrogens is 291 g/mol. The molecule has 2 radical (unpaired) electrons. The van der Waals surface area contributed by atoms with Crippen LogP contribution < -0.4 is 0 Å². The van der Waals surface area contributed by atoms with Gasteiger partial charge in [0.1, 0.15) is 0 Å². The molecule has 31 valence electrons. The summed E-state index contributed by atoms with van der Waals surface area (Å²) in [5.41, 5.74) is 0. The van der Waals surface area contributed by atoms with Crippen molar-refractivity contribution in [2.45, 2.75) is 0 Å². The minimum Gasteiger partial charge on any atom is 0 e. The molecule has 5 heteroatoms. The molecule has 0 saturated heterocycles. The second-order valence-electron chi connectivity index (χ2n) is 0. The van der Waals surface area contributed by atoms with E-state index in [-0.39, 0.29) is 53.6 Å². The number of rotatable bonds is 0. The predicted molar refractivity (Wildman–Crippen MR) is 8.54 cm³/mol. The van der Waals surface area contributed by atoms with Crippen LogP contribution in [0.5, 0.6) is 0 Å². The Morgan fingerprint density at radius 2 is 1.20 bits per heavy atom. The zero-order chi connectivity index (χ0) is 2.00. The third-order valence-corrected chi connectivity index (χ3v) is 0. The Balaban J connectivity index is -0.00000000167. The fourth-order valence-corrected chi connectivity index (χ4v) is 0. The largest absolute Gasteiger partial charge is 0 e. The average molecular weight is 293 g/mol. The second-order valence-corrected chi connectivity index (χ2v) is 0. The van der Waals surface area contributed by atoms with Gasteiger partial charge in [-0.3, -0.25) is 0 Å². The summed E-state index contributed by atoms with van der Waals surface area (Å²) >= 11 is 1.95. The molecule has 0 amide bonds. The van der Waals surface area contributed by atoms with Crippen molar-refractivity contribution in [3.8, 4) is 0 Å². The summed E-state index contributed by atoms with van der Waals surface area (Å²) in [6.45, 7) is 0. The van der Waals surface area contributed by atoms with Gasteiger partial charge in [-0.15, -0.1) is 0 Å². The molecule has 0 aromatic rings. The first-order chi connectivity index (χ1) is 1.00. The van der Waals surface area contributed by atoms with E-state index in [0.717, 1.165) is 0 Å². The Kier molecular flexibility index (Phi) is 169. The summed E-state index contributed by atoms with van der Waals surface area (Å²) in [6, 6.07) is 0. The maximum Gasteiger partial charge on any atom is 0 e. The van der Waals surface area contributed by atoms with Gasteiger partial charge in [0, 0.05) is 53.6 Å². The van der Waals surface area contributed by atoms with Gasteiger partial charge >= 0.3 is 25.7 Å². The van der Waals surface area contributed by atoms with Crippen LogP contribution in [0.3, 0.4) is 0 Å². The topological polar surface area (TPSA) is 0 Å². The first-order valence-corrected chi connectivity index (χ1v) is 2.42. The van der Waals surface area contributed by atoms with Gasteiger partial charge in [0.05, 0.1) is 0 Å². The van der Waals surface area contributed by atoms with Crippen LogP contribution in [0.25, 0.3) is 0 Å². The molecule has 0 fully saturated rings. The molecule has 5 heavy (non-hydrogen) atoms. The smallest absolute Gasteiger partial charge is 0 e. The number of hydrogen-bond acceptors (Lipinski definition) is 0. The van der Waals surface area contributed by atoms with Crippen molar-refractivity contribution in [3.05, 3.63) is 0 Å². The van der Waals surface area contributed by atoms with Crippen LogP contribution >= 0.6 is 0 Å². The average Bonchev–Trinajstić information content (AvgIpc) is 1.00. The second kappa shape index (κ2) is 32.2. The maximum absolute atomic E-state index is 2.01. The van der Waals surface area contributed by atoms with E-state index in [1.54, 1.807) is 0 Å². The first-order valence-electron chi connectivity index (χ1n) is 0.408. The van der Waals surface area contributed by atoms with Crippen molar-refractivity contribution in [1.82, 2.24) is 0 Å². The van der Waals surface area contributed by atoms with E-state index in [9.17, 15) is 0 Å².